The Morgan fingerprint density at radius 2 is 2.06 bits per heavy atom. The van der Waals surface area contributed by atoms with Crippen LogP contribution in [-0.2, 0) is 0 Å². The SMILES string of the molecule is NCCC1CCN(C(c2cccs2)C2CC2)CC1. The average Bonchev–Trinajstić information content (AvgIpc) is 3.07. The summed E-state index contributed by atoms with van der Waals surface area (Å²) in [7, 11) is 0. The number of hydrogen-bond donors (Lipinski definition) is 1. The second-order valence-corrected chi connectivity index (χ2v) is 6.83. The lowest BCUT2D eigenvalue weighted by atomic mass is 9.92. The Morgan fingerprint density at radius 1 is 1.28 bits per heavy atom. The van der Waals surface area contributed by atoms with Crippen molar-refractivity contribution in [2.75, 3.05) is 19.6 Å². The fourth-order valence-corrected chi connectivity index (χ4v) is 4.29. The topological polar surface area (TPSA) is 29.3 Å². The molecule has 100 valence electrons. The lowest BCUT2D eigenvalue weighted by molar-refractivity contribution is 0.118. The normalized spacial score (nSPS) is 24.3. The van der Waals surface area contributed by atoms with Crippen LogP contribution in [-0.4, -0.2) is 24.5 Å². The van der Waals surface area contributed by atoms with Gasteiger partial charge in [-0.25, -0.2) is 0 Å². The van der Waals surface area contributed by atoms with Gasteiger partial charge in [-0.3, -0.25) is 4.90 Å². The highest BCUT2D eigenvalue weighted by atomic mass is 32.1. The average molecular weight is 264 g/mol. The Kier molecular flexibility index (Phi) is 4.02. The van der Waals surface area contributed by atoms with Gasteiger partial charge in [0.25, 0.3) is 0 Å². The van der Waals surface area contributed by atoms with Crippen molar-refractivity contribution < 1.29 is 0 Å². The van der Waals surface area contributed by atoms with Crippen LogP contribution in [0, 0.1) is 11.8 Å². The monoisotopic (exact) mass is 264 g/mol. The van der Waals surface area contributed by atoms with Gasteiger partial charge in [-0.1, -0.05) is 6.07 Å². The van der Waals surface area contributed by atoms with Gasteiger partial charge in [-0.15, -0.1) is 11.3 Å². The summed E-state index contributed by atoms with van der Waals surface area (Å²) in [5.74, 6) is 1.82. The van der Waals surface area contributed by atoms with Crippen molar-refractivity contribution in [1.82, 2.24) is 4.90 Å². The van der Waals surface area contributed by atoms with Crippen LogP contribution in [0.2, 0.25) is 0 Å². The first-order valence-corrected chi connectivity index (χ1v) is 8.24. The Bertz CT molecular complexity index is 351. The zero-order valence-electron chi connectivity index (χ0n) is 11.1. The molecule has 1 unspecified atom stereocenters. The summed E-state index contributed by atoms with van der Waals surface area (Å²) in [6, 6.07) is 5.26. The molecule has 1 atom stereocenters. The van der Waals surface area contributed by atoms with Crippen molar-refractivity contribution in [2.24, 2.45) is 17.6 Å². The maximum absolute atomic E-state index is 5.68. The summed E-state index contributed by atoms with van der Waals surface area (Å²) in [5.41, 5.74) is 5.68. The van der Waals surface area contributed by atoms with Crippen LogP contribution in [0.4, 0.5) is 0 Å². The van der Waals surface area contributed by atoms with Crippen LogP contribution in [0.3, 0.4) is 0 Å². The van der Waals surface area contributed by atoms with Gasteiger partial charge in [0.2, 0.25) is 0 Å². The summed E-state index contributed by atoms with van der Waals surface area (Å²) in [6.45, 7) is 3.43. The highest BCUT2D eigenvalue weighted by Gasteiger charge is 2.38. The molecular weight excluding hydrogens is 240 g/mol. The molecule has 0 amide bonds. The fraction of sp³-hybridized carbons (Fsp3) is 0.733. The van der Waals surface area contributed by atoms with Gasteiger partial charge in [0.05, 0.1) is 0 Å². The lowest BCUT2D eigenvalue weighted by Gasteiger charge is -2.37. The standard InChI is InChI=1S/C15H24N2S/c16-8-5-12-6-9-17(10-7-12)15(13-3-4-13)14-2-1-11-18-14/h1-2,11-13,15H,3-10,16H2. The predicted molar refractivity (Wildman–Crippen MR) is 77.8 cm³/mol. The Hall–Kier alpha value is -0.380. The number of rotatable bonds is 5. The molecule has 2 N–H and O–H groups in total. The number of piperidine rings is 1. The van der Waals surface area contributed by atoms with Crippen LogP contribution in [0.15, 0.2) is 17.5 Å². The van der Waals surface area contributed by atoms with Gasteiger partial charge in [0, 0.05) is 10.9 Å². The molecule has 0 spiro atoms. The highest BCUT2D eigenvalue weighted by molar-refractivity contribution is 7.10. The minimum atomic E-state index is 0.726. The second-order valence-electron chi connectivity index (χ2n) is 5.85. The lowest BCUT2D eigenvalue weighted by Crippen LogP contribution is -2.37. The van der Waals surface area contributed by atoms with Crippen molar-refractivity contribution >= 4 is 11.3 Å². The third-order valence-electron chi connectivity index (χ3n) is 4.52. The first-order valence-electron chi connectivity index (χ1n) is 7.36. The smallest absolute Gasteiger partial charge is 0.0469 e. The molecule has 1 saturated carbocycles. The predicted octanol–water partition coefficient (Wildman–Crippen LogP) is 3.26. The van der Waals surface area contributed by atoms with E-state index < -0.39 is 0 Å². The molecule has 0 aromatic carbocycles. The molecule has 2 fully saturated rings. The summed E-state index contributed by atoms with van der Waals surface area (Å²) >= 11 is 1.94. The first-order chi connectivity index (χ1) is 8.88. The van der Waals surface area contributed by atoms with E-state index >= 15 is 0 Å². The van der Waals surface area contributed by atoms with E-state index in [-0.39, 0.29) is 0 Å². The Morgan fingerprint density at radius 3 is 2.61 bits per heavy atom. The molecule has 2 nitrogen and oxygen atoms in total. The molecule has 0 radical (unpaired) electrons. The molecule has 2 heterocycles. The highest BCUT2D eigenvalue weighted by Crippen LogP contribution is 2.46. The molecule has 2 aliphatic rings. The summed E-state index contributed by atoms with van der Waals surface area (Å²) in [5, 5.41) is 2.23. The molecule has 1 aromatic heterocycles. The van der Waals surface area contributed by atoms with Crippen molar-refractivity contribution in [3.05, 3.63) is 22.4 Å². The summed E-state index contributed by atoms with van der Waals surface area (Å²) < 4.78 is 0. The van der Waals surface area contributed by atoms with E-state index in [0.29, 0.717) is 0 Å². The van der Waals surface area contributed by atoms with E-state index in [1.807, 2.05) is 11.3 Å². The van der Waals surface area contributed by atoms with Crippen LogP contribution >= 0.6 is 11.3 Å². The van der Waals surface area contributed by atoms with Crippen molar-refractivity contribution in [3.8, 4) is 0 Å². The quantitative estimate of drug-likeness (QED) is 0.884. The van der Waals surface area contributed by atoms with Crippen molar-refractivity contribution in [3.63, 3.8) is 0 Å². The molecule has 1 aliphatic heterocycles. The van der Waals surface area contributed by atoms with Crippen molar-refractivity contribution in [1.29, 1.82) is 0 Å². The Balaban J connectivity index is 1.63. The van der Waals surface area contributed by atoms with E-state index in [1.54, 1.807) is 4.88 Å². The summed E-state index contributed by atoms with van der Waals surface area (Å²) in [4.78, 5) is 4.34. The molecule has 1 aliphatic carbocycles. The maximum atomic E-state index is 5.68. The van der Waals surface area contributed by atoms with Crippen LogP contribution < -0.4 is 5.73 Å². The van der Waals surface area contributed by atoms with E-state index in [9.17, 15) is 0 Å². The molecular formula is C15H24N2S. The molecule has 3 rings (SSSR count). The molecule has 3 heteroatoms. The zero-order chi connectivity index (χ0) is 12.4. The van der Waals surface area contributed by atoms with Crippen LogP contribution in [0.1, 0.15) is 43.0 Å². The van der Waals surface area contributed by atoms with Gasteiger partial charge in [-0.05, 0) is 75.0 Å². The van der Waals surface area contributed by atoms with Gasteiger partial charge >= 0.3 is 0 Å². The first kappa shape index (κ1) is 12.6. The van der Waals surface area contributed by atoms with E-state index in [2.05, 4.69) is 22.4 Å². The third-order valence-corrected chi connectivity index (χ3v) is 5.46. The van der Waals surface area contributed by atoms with Crippen LogP contribution in [0.25, 0.3) is 0 Å². The number of nitrogens with zero attached hydrogens (tertiary/aromatic N) is 1. The van der Waals surface area contributed by atoms with Gasteiger partial charge in [0.1, 0.15) is 0 Å². The molecule has 18 heavy (non-hydrogen) atoms. The second kappa shape index (κ2) is 5.72. The number of likely N-dealkylation sites (tertiary alicyclic amines) is 1. The van der Waals surface area contributed by atoms with Crippen molar-refractivity contribution in [2.45, 2.75) is 38.1 Å². The third kappa shape index (κ3) is 2.79. The van der Waals surface area contributed by atoms with Gasteiger partial charge in [0.15, 0.2) is 0 Å². The number of nitrogens with two attached hydrogens (primary N) is 1. The van der Waals surface area contributed by atoms with E-state index in [1.165, 1.54) is 45.2 Å². The van der Waals surface area contributed by atoms with Crippen LogP contribution in [0.5, 0.6) is 0 Å². The number of hydrogen-bond acceptors (Lipinski definition) is 3. The van der Waals surface area contributed by atoms with Gasteiger partial charge < -0.3 is 5.73 Å². The minimum absolute atomic E-state index is 0.726. The molecule has 1 aromatic rings. The van der Waals surface area contributed by atoms with Gasteiger partial charge in [-0.2, -0.15) is 0 Å². The Labute approximate surface area is 114 Å². The fourth-order valence-electron chi connectivity index (χ4n) is 3.34. The molecule has 1 saturated heterocycles. The zero-order valence-corrected chi connectivity index (χ0v) is 11.9. The van der Waals surface area contributed by atoms with E-state index in [4.69, 9.17) is 5.73 Å². The minimum Gasteiger partial charge on any atom is -0.330 e. The van der Waals surface area contributed by atoms with E-state index in [0.717, 1.165) is 24.4 Å². The maximum Gasteiger partial charge on any atom is 0.0469 e. The largest absolute Gasteiger partial charge is 0.330 e. The number of thiophene rings is 1. The summed E-state index contributed by atoms with van der Waals surface area (Å²) in [6.07, 6.45) is 6.80. The molecule has 0 bridgehead atoms.